The summed E-state index contributed by atoms with van der Waals surface area (Å²) in [6.45, 7) is 5.86. The average molecular weight is 298 g/mol. The van der Waals surface area contributed by atoms with Gasteiger partial charge in [0.2, 0.25) is 0 Å². The lowest BCUT2D eigenvalue weighted by atomic mass is 10.0. The summed E-state index contributed by atoms with van der Waals surface area (Å²) >= 11 is 6.40. The Morgan fingerprint density at radius 2 is 2.20 bits per heavy atom. The van der Waals surface area contributed by atoms with Crippen LogP contribution in [-0.4, -0.2) is 56.2 Å². The van der Waals surface area contributed by atoms with Crippen LogP contribution in [0.2, 0.25) is 5.02 Å². The van der Waals surface area contributed by atoms with Crippen LogP contribution in [0, 0.1) is 0 Å². The molecule has 2 atom stereocenters. The zero-order valence-electron chi connectivity index (χ0n) is 12.5. The number of likely N-dealkylation sites (N-methyl/N-ethyl adjacent to an activating group) is 1. The Morgan fingerprint density at radius 3 is 2.80 bits per heavy atom. The predicted octanol–water partition coefficient (Wildman–Crippen LogP) is 1.98. The standard InChI is InChI=1S/C15H24ClN3O/c1-11-10-18(2)7-8-19(11)13(9-17)15-12(16)5-4-6-14(15)20-3/h4-6,11,13H,7-10,17H2,1-3H3. The van der Waals surface area contributed by atoms with E-state index in [1.54, 1.807) is 7.11 Å². The van der Waals surface area contributed by atoms with Crippen LogP contribution in [-0.2, 0) is 0 Å². The second kappa shape index (κ2) is 6.76. The zero-order valence-corrected chi connectivity index (χ0v) is 13.2. The Kier molecular flexibility index (Phi) is 5.27. The highest BCUT2D eigenvalue weighted by atomic mass is 35.5. The minimum atomic E-state index is 0.0994. The van der Waals surface area contributed by atoms with E-state index in [-0.39, 0.29) is 6.04 Å². The third-order valence-electron chi connectivity index (χ3n) is 4.07. The molecule has 1 aromatic carbocycles. The fourth-order valence-electron chi connectivity index (χ4n) is 3.05. The van der Waals surface area contributed by atoms with Crippen LogP contribution in [0.3, 0.4) is 0 Å². The first-order valence-electron chi connectivity index (χ1n) is 7.05. The molecule has 0 radical (unpaired) electrons. The average Bonchev–Trinajstić information content (AvgIpc) is 2.43. The first-order chi connectivity index (χ1) is 9.58. The molecule has 1 saturated heterocycles. The van der Waals surface area contributed by atoms with Gasteiger partial charge in [-0.2, -0.15) is 0 Å². The van der Waals surface area contributed by atoms with Crippen molar-refractivity contribution >= 4 is 11.6 Å². The molecule has 2 unspecified atom stereocenters. The van der Waals surface area contributed by atoms with E-state index in [2.05, 4.69) is 23.8 Å². The molecule has 112 valence electrons. The van der Waals surface area contributed by atoms with E-state index in [1.165, 1.54) is 0 Å². The maximum atomic E-state index is 6.40. The monoisotopic (exact) mass is 297 g/mol. The van der Waals surface area contributed by atoms with Gasteiger partial charge in [-0.1, -0.05) is 17.7 Å². The SMILES string of the molecule is COc1cccc(Cl)c1C(CN)N1CCN(C)CC1C. The van der Waals surface area contributed by atoms with E-state index in [0.29, 0.717) is 12.6 Å². The molecule has 1 fully saturated rings. The molecule has 1 aliphatic rings. The third kappa shape index (κ3) is 3.09. The number of hydrogen-bond donors (Lipinski definition) is 1. The predicted molar refractivity (Wildman–Crippen MR) is 83.5 cm³/mol. The van der Waals surface area contributed by atoms with Crippen LogP contribution in [0.15, 0.2) is 18.2 Å². The first-order valence-corrected chi connectivity index (χ1v) is 7.43. The Morgan fingerprint density at radius 1 is 1.45 bits per heavy atom. The van der Waals surface area contributed by atoms with Gasteiger partial charge in [-0.3, -0.25) is 4.90 Å². The fourth-order valence-corrected chi connectivity index (χ4v) is 3.35. The van der Waals surface area contributed by atoms with Crippen molar-refractivity contribution in [3.8, 4) is 5.75 Å². The lowest BCUT2D eigenvalue weighted by molar-refractivity contribution is 0.0626. The Labute approximate surface area is 126 Å². The van der Waals surface area contributed by atoms with Crippen molar-refractivity contribution < 1.29 is 4.74 Å². The van der Waals surface area contributed by atoms with Crippen LogP contribution in [0.4, 0.5) is 0 Å². The summed E-state index contributed by atoms with van der Waals surface area (Å²) in [6, 6.07) is 6.31. The summed E-state index contributed by atoms with van der Waals surface area (Å²) in [5.41, 5.74) is 7.07. The van der Waals surface area contributed by atoms with E-state index in [4.69, 9.17) is 22.1 Å². The minimum absolute atomic E-state index is 0.0994. The maximum Gasteiger partial charge on any atom is 0.125 e. The van der Waals surface area contributed by atoms with Gasteiger partial charge in [-0.15, -0.1) is 0 Å². The summed E-state index contributed by atoms with van der Waals surface area (Å²) in [5, 5.41) is 0.728. The number of methoxy groups -OCH3 is 1. The Bertz CT molecular complexity index is 455. The highest BCUT2D eigenvalue weighted by molar-refractivity contribution is 6.31. The van der Waals surface area contributed by atoms with Crippen molar-refractivity contribution in [3.05, 3.63) is 28.8 Å². The molecule has 4 nitrogen and oxygen atoms in total. The smallest absolute Gasteiger partial charge is 0.125 e. The van der Waals surface area contributed by atoms with Gasteiger partial charge in [-0.25, -0.2) is 0 Å². The second-order valence-electron chi connectivity index (χ2n) is 5.46. The number of benzene rings is 1. The number of nitrogens with zero attached hydrogens (tertiary/aromatic N) is 2. The van der Waals surface area contributed by atoms with Gasteiger partial charge in [-0.05, 0) is 26.1 Å². The summed E-state index contributed by atoms with van der Waals surface area (Å²) in [7, 11) is 3.83. The van der Waals surface area contributed by atoms with E-state index in [1.807, 2.05) is 18.2 Å². The number of piperazine rings is 1. The van der Waals surface area contributed by atoms with Crippen molar-refractivity contribution in [1.82, 2.24) is 9.80 Å². The zero-order chi connectivity index (χ0) is 14.7. The molecule has 1 aromatic rings. The van der Waals surface area contributed by atoms with Crippen molar-refractivity contribution in [2.75, 3.05) is 40.3 Å². The van der Waals surface area contributed by atoms with Crippen molar-refractivity contribution in [2.45, 2.75) is 19.0 Å². The van der Waals surface area contributed by atoms with Gasteiger partial charge in [0.1, 0.15) is 5.75 Å². The number of nitrogens with two attached hydrogens (primary N) is 1. The van der Waals surface area contributed by atoms with E-state index < -0.39 is 0 Å². The number of ether oxygens (including phenoxy) is 1. The van der Waals surface area contributed by atoms with Crippen molar-refractivity contribution in [3.63, 3.8) is 0 Å². The van der Waals surface area contributed by atoms with Gasteiger partial charge < -0.3 is 15.4 Å². The molecule has 0 spiro atoms. The van der Waals surface area contributed by atoms with Crippen LogP contribution in [0.25, 0.3) is 0 Å². The molecule has 2 N–H and O–H groups in total. The number of halogens is 1. The Balaban J connectivity index is 2.33. The fraction of sp³-hybridized carbons (Fsp3) is 0.600. The van der Waals surface area contributed by atoms with Crippen molar-refractivity contribution in [2.24, 2.45) is 5.73 Å². The van der Waals surface area contributed by atoms with Crippen LogP contribution in [0.1, 0.15) is 18.5 Å². The molecule has 1 heterocycles. The molecule has 5 heteroatoms. The molecule has 0 saturated carbocycles. The van der Waals surface area contributed by atoms with Crippen molar-refractivity contribution in [1.29, 1.82) is 0 Å². The Hall–Kier alpha value is -0.810. The van der Waals surface area contributed by atoms with E-state index >= 15 is 0 Å². The lowest BCUT2D eigenvalue weighted by Crippen LogP contribution is -2.52. The normalized spacial score (nSPS) is 22.8. The highest BCUT2D eigenvalue weighted by Gasteiger charge is 2.31. The van der Waals surface area contributed by atoms with Crippen LogP contribution in [0.5, 0.6) is 5.75 Å². The molecule has 2 rings (SSSR count). The number of rotatable bonds is 4. The summed E-state index contributed by atoms with van der Waals surface area (Å²) in [5.74, 6) is 0.819. The van der Waals surface area contributed by atoms with Gasteiger partial charge in [0.15, 0.2) is 0 Å². The van der Waals surface area contributed by atoms with Gasteiger partial charge in [0.05, 0.1) is 13.2 Å². The van der Waals surface area contributed by atoms with Gasteiger partial charge in [0, 0.05) is 42.8 Å². The lowest BCUT2D eigenvalue weighted by Gasteiger charge is -2.43. The molecule has 20 heavy (non-hydrogen) atoms. The molecule has 0 aliphatic carbocycles. The van der Waals surface area contributed by atoms with Gasteiger partial charge >= 0.3 is 0 Å². The first kappa shape index (κ1) is 15.6. The molecular formula is C15H24ClN3O. The summed E-state index contributed by atoms with van der Waals surface area (Å²) < 4.78 is 5.48. The highest BCUT2D eigenvalue weighted by Crippen LogP contribution is 2.36. The molecule has 1 aliphatic heterocycles. The van der Waals surface area contributed by atoms with E-state index in [0.717, 1.165) is 36.0 Å². The van der Waals surface area contributed by atoms with E-state index in [9.17, 15) is 0 Å². The second-order valence-corrected chi connectivity index (χ2v) is 5.86. The van der Waals surface area contributed by atoms with Crippen LogP contribution < -0.4 is 10.5 Å². The third-order valence-corrected chi connectivity index (χ3v) is 4.40. The topological polar surface area (TPSA) is 41.7 Å². The molecular weight excluding hydrogens is 274 g/mol. The minimum Gasteiger partial charge on any atom is -0.496 e. The largest absolute Gasteiger partial charge is 0.496 e. The summed E-state index contributed by atoms with van der Waals surface area (Å²) in [4.78, 5) is 4.78. The number of hydrogen-bond acceptors (Lipinski definition) is 4. The maximum absolute atomic E-state index is 6.40. The van der Waals surface area contributed by atoms with Crippen LogP contribution >= 0.6 is 11.6 Å². The molecule has 0 amide bonds. The molecule has 0 bridgehead atoms. The summed E-state index contributed by atoms with van der Waals surface area (Å²) in [6.07, 6.45) is 0. The van der Waals surface area contributed by atoms with Gasteiger partial charge in [0.25, 0.3) is 0 Å². The quantitative estimate of drug-likeness (QED) is 0.923. The molecule has 0 aromatic heterocycles.